The molecule has 0 heterocycles. The molecule has 0 atom stereocenters. The fourth-order valence-electron chi connectivity index (χ4n) is 0.780. The highest BCUT2D eigenvalue weighted by atomic mass is 32.2. The van der Waals surface area contributed by atoms with Crippen LogP contribution in [0.15, 0.2) is 0 Å². The fraction of sp³-hybridized carbons (Fsp3) is 0.714. The molecule has 0 saturated heterocycles. The number of thiocarbonyl (C=S) groups is 1. The molecule has 0 radical (unpaired) electrons. The van der Waals surface area contributed by atoms with Gasteiger partial charge in [0.15, 0.2) is 0 Å². The van der Waals surface area contributed by atoms with Gasteiger partial charge in [-0.25, -0.2) is 13.1 Å². The Labute approximate surface area is 94.2 Å². The van der Waals surface area contributed by atoms with Crippen molar-refractivity contribution in [2.45, 2.75) is 13.3 Å². The van der Waals surface area contributed by atoms with Gasteiger partial charge in [0, 0.05) is 6.54 Å². The van der Waals surface area contributed by atoms with Gasteiger partial charge in [-0.15, -0.1) is 0 Å². The highest BCUT2D eigenvalue weighted by Gasteiger charge is 2.12. The van der Waals surface area contributed by atoms with E-state index in [2.05, 4.69) is 21.7 Å². The third-order valence-electron chi connectivity index (χ3n) is 1.29. The minimum atomic E-state index is -3.52. The predicted molar refractivity (Wildman–Crippen MR) is 59.8 cm³/mol. The lowest BCUT2D eigenvalue weighted by atomic mass is 10.4. The Hall–Kier alpha value is -0.730. The number of hydrogen-bond acceptors (Lipinski definition) is 5. The minimum absolute atomic E-state index is 0.00952. The van der Waals surface area contributed by atoms with Gasteiger partial charge in [0.25, 0.3) is 0 Å². The van der Waals surface area contributed by atoms with Crippen molar-refractivity contribution in [1.82, 2.24) is 4.72 Å². The second-order valence-electron chi connectivity index (χ2n) is 2.67. The summed E-state index contributed by atoms with van der Waals surface area (Å²) in [7, 11) is -3.52. The van der Waals surface area contributed by atoms with E-state index in [0.29, 0.717) is 0 Å². The largest absolute Gasteiger partial charge is 0.466 e. The first kappa shape index (κ1) is 14.3. The Morgan fingerprint density at radius 3 is 2.60 bits per heavy atom. The number of rotatable bonds is 7. The average molecular weight is 254 g/mol. The van der Waals surface area contributed by atoms with Crippen LogP contribution in [0, 0.1) is 0 Å². The van der Waals surface area contributed by atoms with E-state index in [0.717, 1.165) is 0 Å². The molecule has 15 heavy (non-hydrogen) atoms. The number of hydrogen-bond donors (Lipinski definition) is 2. The van der Waals surface area contributed by atoms with Crippen molar-refractivity contribution in [3.05, 3.63) is 0 Å². The van der Waals surface area contributed by atoms with E-state index >= 15 is 0 Å². The van der Waals surface area contributed by atoms with E-state index in [1.54, 1.807) is 6.92 Å². The van der Waals surface area contributed by atoms with Crippen LogP contribution in [0.1, 0.15) is 13.3 Å². The topological polar surface area (TPSA) is 98.5 Å². The first-order chi connectivity index (χ1) is 6.87. The van der Waals surface area contributed by atoms with E-state index in [4.69, 9.17) is 5.73 Å². The van der Waals surface area contributed by atoms with Gasteiger partial charge in [-0.1, -0.05) is 12.2 Å². The number of nitrogens with two attached hydrogens (primary N) is 1. The molecule has 0 aromatic rings. The fourth-order valence-corrected chi connectivity index (χ4v) is 2.14. The lowest BCUT2D eigenvalue weighted by molar-refractivity contribution is -0.142. The van der Waals surface area contributed by atoms with Crippen molar-refractivity contribution in [2.75, 3.05) is 18.9 Å². The summed E-state index contributed by atoms with van der Waals surface area (Å²) in [6.45, 7) is 1.94. The molecule has 0 unspecified atom stereocenters. The number of sulfonamides is 1. The molecule has 0 aliphatic heterocycles. The van der Waals surface area contributed by atoms with Crippen LogP contribution in [0.25, 0.3) is 0 Å². The Balaban J connectivity index is 3.85. The van der Waals surface area contributed by atoms with Crippen molar-refractivity contribution < 1.29 is 17.9 Å². The van der Waals surface area contributed by atoms with Crippen molar-refractivity contribution >= 4 is 33.2 Å². The average Bonchev–Trinajstić information content (AvgIpc) is 2.01. The van der Waals surface area contributed by atoms with E-state index < -0.39 is 21.7 Å². The van der Waals surface area contributed by atoms with Gasteiger partial charge in [-0.05, 0) is 6.92 Å². The summed E-state index contributed by atoms with van der Waals surface area (Å²) in [5.74, 6) is -0.860. The van der Waals surface area contributed by atoms with Crippen LogP contribution in [-0.2, 0) is 19.6 Å². The lowest BCUT2D eigenvalue weighted by Gasteiger charge is -2.05. The zero-order valence-corrected chi connectivity index (χ0v) is 9.99. The zero-order valence-electron chi connectivity index (χ0n) is 8.36. The Morgan fingerprint density at radius 2 is 2.13 bits per heavy atom. The summed E-state index contributed by atoms with van der Waals surface area (Å²) < 4.78 is 29.1. The predicted octanol–water partition coefficient (Wildman–Crippen LogP) is -0.855. The van der Waals surface area contributed by atoms with E-state index in [9.17, 15) is 13.2 Å². The monoisotopic (exact) mass is 254 g/mol. The molecule has 0 rings (SSSR count). The van der Waals surface area contributed by atoms with Crippen LogP contribution >= 0.6 is 12.2 Å². The highest BCUT2D eigenvalue weighted by molar-refractivity contribution is 7.92. The molecule has 6 nitrogen and oxygen atoms in total. The number of esters is 1. The molecule has 0 saturated carbocycles. The molecule has 3 N–H and O–H groups in total. The summed E-state index contributed by atoms with van der Waals surface area (Å²) in [6, 6.07) is 0. The Morgan fingerprint density at radius 1 is 1.53 bits per heavy atom. The van der Waals surface area contributed by atoms with Gasteiger partial charge in [0.1, 0.15) is 5.75 Å². The van der Waals surface area contributed by atoms with Crippen LogP contribution in [-0.4, -0.2) is 38.3 Å². The number of ether oxygens (including phenoxy) is 1. The molecule has 0 amide bonds. The lowest BCUT2D eigenvalue weighted by Crippen LogP contribution is -2.33. The maximum atomic E-state index is 11.1. The molecule has 0 spiro atoms. The van der Waals surface area contributed by atoms with Crippen LogP contribution < -0.4 is 10.5 Å². The normalized spacial score (nSPS) is 11.0. The van der Waals surface area contributed by atoms with E-state index in [1.165, 1.54) is 0 Å². The third kappa shape index (κ3) is 8.28. The number of nitrogens with one attached hydrogen (secondary N) is 1. The van der Waals surface area contributed by atoms with Crippen molar-refractivity contribution in [1.29, 1.82) is 0 Å². The summed E-state index contributed by atoms with van der Waals surface area (Å²) in [5, 5.41) is 0. The molecular formula is C7H14N2O4S2. The minimum Gasteiger partial charge on any atom is -0.466 e. The highest BCUT2D eigenvalue weighted by Crippen LogP contribution is 1.88. The molecule has 8 heteroatoms. The molecule has 0 aromatic carbocycles. The van der Waals surface area contributed by atoms with Crippen molar-refractivity contribution in [3.8, 4) is 0 Å². The molecule has 88 valence electrons. The van der Waals surface area contributed by atoms with Gasteiger partial charge in [-0.2, -0.15) is 0 Å². The first-order valence-electron chi connectivity index (χ1n) is 4.28. The summed E-state index contributed by atoms with van der Waals surface area (Å²) in [5.41, 5.74) is 5.08. The maximum absolute atomic E-state index is 11.1. The van der Waals surface area contributed by atoms with Crippen LogP contribution in [0.2, 0.25) is 0 Å². The molecule has 0 bridgehead atoms. The third-order valence-corrected chi connectivity index (χ3v) is 2.95. The standard InChI is InChI=1S/C7H14N2O4S2/c1-2-13-7(10)3-4-9-15(11,12)5-6(8)14/h9H,2-5H2,1H3,(H2,8,14). The van der Waals surface area contributed by atoms with Gasteiger partial charge in [0.2, 0.25) is 10.0 Å². The maximum Gasteiger partial charge on any atom is 0.307 e. The van der Waals surface area contributed by atoms with Crippen LogP contribution in [0.4, 0.5) is 0 Å². The quantitative estimate of drug-likeness (QED) is 0.453. The van der Waals surface area contributed by atoms with Gasteiger partial charge in [-0.3, -0.25) is 4.79 Å². The summed E-state index contributed by atoms with van der Waals surface area (Å²) >= 11 is 4.45. The molecule has 0 aliphatic rings. The van der Waals surface area contributed by atoms with E-state index in [-0.39, 0.29) is 24.6 Å². The second-order valence-corrected chi connectivity index (χ2v) is 5.01. The summed E-state index contributed by atoms with van der Waals surface area (Å²) in [4.78, 5) is 10.7. The van der Waals surface area contributed by atoms with Gasteiger partial charge in [0.05, 0.1) is 18.0 Å². The second kappa shape index (κ2) is 6.70. The van der Waals surface area contributed by atoms with Gasteiger partial charge < -0.3 is 10.5 Å². The number of carbonyl (C=O) groups is 1. The van der Waals surface area contributed by atoms with Crippen LogP contribution in [0.5, 0.6) is 0 Å². The molecular weight excluding hydrogens is 240 g/mol. The Bertz CT molecular complexity index is 326. The van der Waals surface area contributed by atoms with Gasteiger partial charge >= 0.3 is 5.97 Å². The van der Waals surface area contributed by atoms with Crippen molar-refractivity contribution in [3.63, 3.8) is 0 Å². The molecule has 0 aliphatic carbocycles. The van der Waals surface area contributed by atoms with E-state index in [1.807, 2.05) is 0 Å². The Kier molecular flexibility index (Phi) is 6.37. The summed E-state index contributed by atoms with van der Waals surface area (Å²) in [6.07, 6.45) is -0.00952. The first-order valence-corrected chi connectivity index (χ1v) is 6.34. The molecule has 0 aromatic heterocycles. The zero-order chi connectivity index (χ0) is 11.9. The van der Waals surface area contributed by atoms with Crippen molar-refractivity contribution in [2.24, 2.45) is 5.73 Å². The molecule has 0 fully saturated rings. The smallest absolute Gasteiger partial charge is 0.307 e. The SMILES string of the molecule is CCOC(=O)CCNS(=O)(=O)CC(N)=S. The number of carbonyl (C=O) groups excluding carboxylic acids is 1. The van der Waals surface area contributed by atoms with Crippen LogP contribution in [0.3, 0.4) is 0 Å².